The van der Waals surface area contributed by atoms with Crippen LogP contribution in [-0.4, -0.2) is 32.1 Å². The maximum absolute atomic E-state index is 4.83. The van der Waals surface area contributed by atoms with Crippen LogP contribution in [0.4, 0.5) is 0 Å². The van der Waals surface area contributed by atoms with Gasteiger partial charge in [0.15, 0.2) is 0 Å². The molecule has 37 valence electrons. The molecule has 0 spiro atoms. The number of hydrogen-bond acceptors (Lipinski definition) is 1. The van der Waals surface area contributed by atoms with Crippen molar-refractivity contribution >= 4 is 18.9 Å². The van der Waals surface area contributed by atoms with Crippen molar-refractivity contribution in [3.8, 4) is 24.7 Å². The van der Waals surface area contributed by atoms with Crippen molar-refractivity contribution in [1.82, 2.24) is 0 Å². The van der Waals surface area contributed by atoms with Gasteiger partial charge in [-0.25, -0.2) is 0 Å². The largest absolute Gasteiger partial charge is 0.356 e. The van der Waals surface area contributed by atoms with E-state index in [1.54, 1.807) is 0 Å². The van der Waals surface area contributed by atoms with Crippen LogP contribution in [0.25, 0.3) is 0 Å². The van der Waals surface area contributed by atoms with E-state index >= 15 is 0 Å². The monoisotopic (exact) mass is 101 g/mol. The number of rotatable bonds is 2. The van der Waals surface area contributed by atoms with Gasteiger partial charge in [0.05, 0.1) is 0 Å². The predicted molar refractivity (Wildman–Crippen MR) is 34.2 cm³/mol. The standard InChI is InChI=1S/C6H6O.Li/c1-3-5-7-6-4-2;/h1-2H,5-6H2;. The Morgan fingerprint density at radius 1 is 1.12 bits per heavy atom. The van der Waals surface area contributed by atoms with Crippen molar-refractivity contribution in [2.75, 3.05) is 13.2 Å². The minimum absolute atomic E-state index is 0. The summed E-state index contributed by atoms with van der Waals surface area (Å²) >= 11 is 0. The maximum atomic E-state index is 4.83. The van der Waals surface area contributed by atoms with Crippen LogP contribution in [-0.2, 0) is 4.74 Å². The second kappa shape index (κ2) is 9.84. The molecule has 0 saturated heterocycles. The average Bonchev–Trinajstić information content (AvgIpc) is 1.69. The van der Waals surface area contributed by atoms with Gasteiger partial charge in [0.25, 0.3) is 0 Å². The first-order valence-electron chi connectivity index (χ1n) is 1.86. The Morgan fingerprint density at radius 2 is 1.50 bits per heavy atom. The Kier molecular flexibility index (Phi) is 13.1. The van der Waals surface area contributed by atoms with Gasteiger partial charge in [-0.15, -0.1) is 12.8 Å². The molecule has 0 N–H and O–H groups in total. The molecule has 0 aromatic heterocycles. The molecule has 0 aliphatic rings. The van der Waals surface area contributed by atoms with Gasteiger partial charge >= 0.3 is 0 Å². The van der Waals surface area contributed by atoms with Gasteiger partial charge in [-0.2, -0.15) is 0 Å². The van der Waals surface area contributed by atoms with Gasteiger partial charge in [0.1, 0.15) is 13.2 Å². The van der Waals surface area contributed by atoms with E-state index in [0.717, 1.165) is 0 Å². The molecular weight excluding hydrogens is 95.0 g/mol. The van der Waals surface area contributed by atoms with Crippen LogP contribution in [0.2, 0.25) is 0 Å². The zero-order chi connectivity index (χ0) is 5.54. The van der Waals surface area contributed by atoms with Gasteiger partial charge < -0.3 is 4.74 Å². The van der Waals surface area contributed by atoms with Crippen molar-refractivity contribution in [2.24, 2.45) is 0 Å². The normalized spacial score (nSPS) is 5.75. The molecular formula is C6H6LiO. The Balaban J connectivity index is 0. The van der Waals surface area contributed by atoms with Crippen LogP contribution in [0.5, 0.6) is 0 Å². The summed E-state index contributed by atoms with van der Waals surface area (Å²) in [6, 6.07) is 0. The molecule has 1 radical (unpaired) electrons. The molecule has 2 heteroatoms. The minimum Gasteiger partial charge on any atom is -0.356 e. The quantitative estimate of drug-likeness (QED) is 0.268. The minimum atomic E-state index is 0. The third kappa shape index (κ3) is 9.18. The van der Waals surface area contributed by atoms with Gasteiger partial charge in [-0.1, -0.05) is 11.8 Å². The van der Waals surface area contributed by atoms with E-state index < -0.39 is 0 Å². The Bertz CT molecular complexity index is 92.7. The summed E-state index contributed by atoms with van der Waals surface area (Å²) < 4.78 is 4.66. The van der Waals surface area contributed by atoms with Crippen LogP contribution in [0.1, 0.15) is 0 Å². The molecule has 0 aliphatic heterocycles. The van der Waals surface area contributed by atoms with Gasteiger partial charge in [-0.3, -0.25) is 0 Å². The topological polar surface area (TPSA) is 9.23 Å². The van der Waals surface area contributed by atoms with E-state index in [9.17, 15) is 0 Å². The Labute approximate surface area is 62.0 Å². The molecule has 0 bridgehead atoms. The molecule has 0 rings (SSSR count). The number of terminal acetylenes is 2. The van der Waals surface area contributed by atoms with Crippen molar-refractivity contribution in [3.05, 3.63) is 0 Å². The third-order valence-electron chi connectivity index (χ3n) is 0.371. The zero-order valence-corrected chi connectivity index (χ0v) is 4.98. The Hall–Kier alpha value is -0.323. The van der Waals surface area contributed by atoms with E-state index in [-0.39, 0.29) is 18.9 Å². The van der Waals surface area contributed by atoms with Crippen LogP contribution in [0.15, 0.2) is 0 Å². The maximum Gasteiger partial charge on any atom is 0.108 e. The van der Waals surface area contributed by atoms with E-state index in [0.29, 0.717) is 13.2 Å². The summed E-state index contributed by atoms with van der Waals surface area (Å²) in [5, 5.41) is 0. The smallest absolute Gasteiger partial charge is 0.108 e. The molecule has 0 unspecified atom stereocenters. The fourth-order valence-corrected chi connectivity index (χ4v) is 0.169. The second-order valence-electron chi connectivity index (χ2n) is 0.901. The van der Waals surface area contributed by atoms with E-state index in [1.807, 2.05) is 0 Å². The van der Waals surface area contributed by atoms with Crippen molar-refractivity contribution < 1.29 is 4.74 Å². The van der Waals surface area contributed by atoms with Crippen LogP contribution in [0.3, 0.4) is 0 Å². The first kappa shape index (κ1) is 10.6. The fourth-order valence-electron chi connectivity index (χ4n) is 0.169. The second-order valence-corrected chi connectivity index (χ2v) is 0.901. The Morgan fingerprint density at radius 3 is 1.75 bits per heavy atom. The molecule has 0 fully saturated rings. The van der Waals surface area contributed by atoms with Crippen LogP contribution >= 0.6 is 0 Å². The molecule has 0 atom stereocenters. The van der Waals surface area contributed by atoms with E-state index in [2.05, 4.69) is 16.6 Å². The van der Waals surface area contributed by atoms with Gasteiger partial charge in [-0.05, 0) is 0 Å². The summed E-state index contributed by atoms with van der Waals surface area (Å²) in [7, 11) is 0. The molecule has 0 heterocycles. The number of hydrogen-bond donors (Lipinski definition) is 0. The predicted octanol–water partition coefficient (Wildman–Crippen LogP) is -0.111. The van der Waals surface area contributed by atoms with Gasteiger partial charge in [0, 0.05) is 18.9 Å². The van der Waals surface area contributed by atoms with Crippen molar-refractivity contribution in [1.29, 1.82) is 0 Å². The molecule has 0 aromatic rings. The molecule has 1 nitrogen and oxygen atoms in total. The summed E-state index contributed by atoms with van der Waals surface area (Å²) in [5.74, 6) is 4.57. The van der Waals surface area contributed by atoms with E-state index in [4.69, 9.17) is 12.8 Å². The summed E-state index contributed by atoms with van der Waals surface area (Å²) in [6.07, 6.45) is 9.65. The molecule has 0 aromatic carbocycles. The first-order valence-corrected chi connectivity index (χ1v) is 1.86. The van der Waals surface area contributed by atoms with Crippen LogP contribution < -0.4 is 0 Å². The zero-order valence-electron chi connectivity index (χ0n) is 4.98. The molecule has 8 heavy (non-hydrogen) atoms. The van der Waals surface area contributed by atoms with Crippen molar-refractivity contribution in [2.45, 2.75) is 0 Å². The SMILES string of the molecule is C#CCOCC#C.[Li]. The van der Waals surface area contributed by atoms with Crippen LogP contribution in [0, 0.1) is 24.7 Å². The third-order valence-corrected chi connectivity index (χ3v) is 0.371. The van der Waals surface area contributed by atoms with Gasteiger partial charge in [0.2, 0.25) is 0 Å². The van der Waals surface area contributed by atoms with E-state index in [1.165, 1.54) is 0 Å². The summed E-state index contributed by atoms with van der Waals surface area (Å²) in [4.78, 5) is 0. The first-order chi connectivity index (χ1) is 3.41. The summed E-state index contributed by atoms with van der Waals surface area (Å²) in [6.45, 7) is 0.619. The molecule has 0 aliphatic carbocycles. The number of ether oxygens (including phenoxy) is 1. The molecule has 0 saturated carbocycles. The summed E-state index contributed by atoms with van der Waals surface area (Å²) in [5.41, 5.74) is 0. The van der Waals surface area contributed by atoms with Crippen molar-refractivity contribution in [3.63, 3.8) is 0 Å². The average molecular weight is 101 g/mol. The fraction of sp³-hybridized carbons (Fsp3) is 0.333. The molecule has 0 amide bonds.